The highest BCUT2D eigenvalue weighted by Gasteiger charge is 2.53. The number of hydrogen-bond acceptors (Lipinski definition) is 11. The van der Waals surface area contributed by atoms with Gasteiger partial charge in [-0.3, -0.25) is 4.90 Å². The molecule has 3 aliphatic heterocycles. The van der Waals surface area contributed by atoms with Crippen LogP contribution in [0.3, 0.4) is 0 Å². The Kier molecular flexibility index (Phi) is 9.93. The van der Waals surface area contributed by atoms with Crippen molar-refractivity contribution in [3.8, 4) is 5.75 Å². The number of nitrogens with one attached hydrogen (secondary N) is 1. The Morgan fingerprint density at radius 2 is 1.92 bits per heavy atom. The third kappa shape index (κ3) is 6.13. The molecule has 12 heteroatoms. The van der Waals surface area contributed by atoms with Gasteiger partial charge in [-0.25, -0.2) is 9.59 Å². The van der Waals surface area contributed by atoms with E-state index < -0.39 is 42.6 Å². The predicted octanol–water partition coefficient (Wildman–Crippen LogP) is 3.24. The zero-order chi connectivity index (χ0) is 34.2. The van der Waals surface area contributed by atoms with E-state index >= 15 is 0 Å². The molecule has 3 aliphatic rings. The number of H-pyrrole nitrogens is 1. The lowest BCUT2D eigenvalue weighted by atomic mass is 9.79. The molecule has 8 atom stereocenters. The molecule has 0 spiro atoms. The minimum absolute atomic E-state index is 0.0911. The van der Waals surface area contributed by atoms with Crippen LogP contribution in [-0.4, -0.2) is 100 Å². The average Bonchev–Trinajstić information content (AvgIpc) is 3.66. The van der Waals surface area contributed by atoms with Crippen molar-refractivity contribution in [3.63, 3.8) is 0 Å². The number of aromatic amines is 1. The Bertz CT molecular complexity index is 1640. The molecule has 2 bridgehead atoms. The lowest BCUT2D eigenvalue weighted by Crippen LogP contribution is -2.60. The maximum Gasteiger partial charge on any atom is 0.340 e. The molecule has 4 N–H and O–H groups in total. The summed E-state index contributed by atoms with van der Waals surface area (Å²) in [7, 11) is 1.70. The van der Waals surface area contributed by atoms with Crippen molar-refractivity contribution in [2.75, 3.05) is 20.3 Å². The molecule has 6 rings (SSSR count). The number of aliphatic hydroxyl groups excluding tert-OH is 3. The van der Waals surface area contributed by atoms with E-state index in [-0.39, 0.29) is 29.9 Å². The monoisotopic (exact) mass is 664 g/mol. The van der Waals surface area contributed by atoms with Crippen molar-refractivity contribution in [1.29, 1.82) is 0 Å². The predicted molar refractivity (Wildman–Crippen MR) is 174 cm³/mol. The molecule has 0 amide bonds. The van der Waals surface area contributed by atoms with Gasteiger partial charge in [-0.1, -0.05) is 24.8 Å². The number of aryl methyl sites for hydroxylation is 1. The topological polar surface area (TPSA) is 160 Å². The summed E-state index contributed by atoms with van der Waals surface area (Å²) in [5.74, 6) is -0.975. The van der Waals surface area contributed by atoms with Crippen LogP contribution in [0.15, 0.2) is 55.3 Å². The Hall–Kier alpha value is -3.78. The Morgan fingerprint density at radius 3 is 2.62 bits per heavy atom. The maximum absolute atomic E-state index is 13.2. The van der Waals surface area contributed by atoms with E-state index in [1.807, 2.05) is 25.3 Å². The molecule has 12 nitrogen and oxygen atoms in total. The molecular formula is C36H44N2O10. The molecule has 3 saturated heterocycles. The molecule has 0 aliphatic carbocycles. The molecule has 0 saturated carbocycles. The van der Waals surface area contributed by atoms with Crippen LogP contribution in [0.5, 0.6) is 5.75 Å². The minimum Gasteiger partial charge on any atom is -0.496 e. The van der Waals surface area contributed by atoms with E-state index in [2.05, 4.69) is 35.5 Å². The third-order valence-electron chi connectivity index (χ3n) is 10.1. The fourth-order valence-electron chi connectivity index (χ4n) is 7.76. The van der Waals surface area contributed by atoms with Crippen LogP contribution in [0.25, 0.3) is 10.9 Å². The number of carbonyl (C=O) groups excluding carboxylic acids is 2. The largest absolute Gasteiger partial charge is 0.496 e. The Balaban J connectivity index is 1.25. The van der Waals surface area contributed by atoms with E-state index in [0.29, 0.717) is 13.2 Å². The van der Waals surface area contributed by atoms with Crippen LogP contribution in [-0.2, 0) is 35.8 Å². The highest BCUT2D eigenvalue weighted by molar-refractivity contribution is 5.90. The summed E-state index contributed by atoms with van der Waals surface area (Å²) in [6, 6.07) is 11.6. The molecule has 0 radical (unpaired) electrons. The number of methoxy groups -OCH3 is 1. The zero-order valence-electron chi connectivity index (χ0n) is 27.5. The van der Waals surface area contributed by atoms with Gasteiger partial charge in [0.2, 0.25) is 6.29 Å². The summed E-state index contributed by atoms with van der Waals surface area (Å²) in [6.07, 6.45) is -1.78. The Morgan fingerprint density at radius 1 is 1.15 bits per heavy atom. The first-order valence-electron chi connectivity index (χ1n) is 16.4. The first-order valence-corrected chi connectivity index (χ1v) is 16.4. The molecule has 48 heavy (non-hydrogen) atoms. The number of nitrogens with zero attached hydrogens (tertiary/aromatic N) is 1. The molecule has 3 fully saturated rings. The smallest absolute Gasteiger partial charge is 0.340 e. The highest BCUT2D eigenvalue weighted by atomic mass is 16.7. The zero-order valence-corrected chi connectivity index (χ0v) is 27.5. The van der Waals surface area contributed by atoms with Crippen molar-refractivity contribution in [1.82, 2.24) is 9.88 Å². The van der Waals surface area contributed by atoms with Gasteiger partial charge < -0.3 is 44.0 Å². The minimum atomic E-state index is -1.81. The van der Waals surface area contributed by atoms with Gasteiger partial charge in [0.15, 0.2) is 6.10 Å². The molecule has 1 aromatic heterocycles. The van der Waals surface area contributed by atoms with Gasteiger partial charge in [0, 0.05) is 47.4 Å². The standard InChI is InChI=1S/C36H44N2O10/c1-5-15-46-34(43)32-30(40)29(39)31(41)35(47-32)48-33(42)21-7-9-22(10-8-21)36-13-11-23(17-24(18-36)45-6-2)38(36)19-26-25-12-14-37-28(25)20(3)16-27(26)44-4/h5,7-10,12,14,16,23-24,29-32,35,37,39-41H,1,6,11,13,15,17-19H2,2-4H3/t23-,24+,29+,30+,31-,32+,35+,36+/m1/s1. The lowest BCUT2D eigenvalue weighted by molar-refractivity contribution is -0.279. The van der Waals surface area contributed by atoms with Crippen LogP contribution in [0.2, 0.25) is 0 Å². The van der Waals surface area contributed by atoms with Crippen LogP contribution >= 0.6 is 0 Å². The summed E-state index contributed by atoms with van der Waals surface area (Å²) >= 11 is 0. The average molecular weight is 665 g/mol. The summed E-state index contributed by atoms with van der Waals surface area (Å²) in [6.45, 7) is 8.69. The number of carbonyl (C=O) groups is 2. The van der Waals surface area contributed by atoms with Gasteiger partial charge in [0.25, 0.3) is 0 Å². The summed E-state index contributed by atoms with van der Waals surface area (Å²) in [5, 5.41) is 32.2. The second-order valence-electron chi connectivity index (χ2n) is 12.8. The van der Waals surface area contributed by atoms with E-state index in [4.69, 9.17) is 23.7 Å². The van der Waals surface area contributed by atoms with Crippen LogP contribution < -0.4 is 4.74 Å². The van der Waals surface area contributed by atoms with Crippen LogP contribution in [0.4, 0.5) is 0 Å². The van der Waals surface area contributed by atoms with Gasteiger partial charge >= 0.3 is 11.9 Å². The van der Waals surface area contributed by atoms with E-state index in [1.165, 1.54) is 6.08 Å². The summed E-state index contributed by atoms with van der Waals surface area (Å²) in [5.41, 5.74) is 4.20. The molecule has 2 aromatic carbocycles. The molecular weight excluding hydrogens is 620 g/mol. The quantitative estimate of drug-likeness (QED) is 0.176. The van der Waals surface area contributed by atoms with Crippen LogP contribution in [0.1, 0.15) is 59.7 Å². The fraction of sp³-hybridized carbons (Fsp3) is 0.500. The number of rotatable bonds is 11. The number of piperidine rings is 1. The van der Waals surface area contributed by atoms with E-state index in [9.17, 15) is 24.9 Å². The summed E-state index contributed by atoms with van der Waals surface area (Å²) < 4.78 is 27.8. The first kappa shape index (κ1) is 34.1. The normalized spacial score (nSPS) is 30.2. The van der Waals surface area contributed by atoms with Gasteiger partial charge in [0.1, 0.15) is 30.7 Å². The number of aromatic nitrogens is 1. The third-order valence-corrected chi connectivity index (χ3v) is 10.1. The number of esters is 2. The van der Waals surface area contributed by atoms with Crippen LogP contribution in [0, 0.1) is 6.92 Å². The maximum atomic E-state index is 13.2. The molecule has 0 unspecified atom stereocenters. The van der Waals surface area contributed by atoms with E-state index in [0.717, 1.165) is 59.0 Å². The SMILES string of the molecule is C=CCOC(=O)[C@H]1O[C@@H](OC(=O)c2ccc([C@]34CC[C@H](C[C@H](OCC)C3)N4Cc3c(OC)cc(C)c4[nH]ccc34)cc2)[C@H](O)[C@@H](O)[C@@H]1O. The molecule has 3 aromatic rings. The van der Waals surface area contributed by atoms with Crippen molar-refractivity contribution < 1.29 is 48.6 Å². The fourth-order valence-corrected chi connectivity index (χ4v) is 7.76. The van der Waals surface area contributed by atoms with Crippen molar-refractivity contribution >= 4 is 22.8 Å². The van der Waals surface area contributed by atoms with Crippen molar-refractivity contribution in [2.24, 2.45) is 0 Å². The highest BCUT2D eigenvalue weighted by Crippen LogP contribution is 2.53. The number of benzene rings is 2. The first-order chi connectivity index (χ1) is 23.1. The van der Waals surface area contributed by atoms with Gasteiger partial charge in [0.05, 0.1) is 18.8 Å². The van der Waals surface area contributed by atoms with Crippen molar-refractivity contribution in [2.45, 2.75) is 94.5 Å². The van der Waals surface area contributed by atoms with Gasteiger partial charge in [-0.2, -0.15) is 0 Å². The number of hydrogen-bond donors (Lipinski definition) is 4. The molecule has 4 heterocycles. The van der Waals surface area contributed by atoms with Gasteiger partial charge in [-0.15, -0.1) is 0 Å². The number of fused-ring (bicyclic) bond motifs is 3. The summed E-state index contributed by atoms with van der Waals surface area (Å²) in [4.78, 5) is 31.6. The van der Waals surface area contributed by atoms with E-state index in [1.54, 1.807) is 19.2 Å². The van der Waals surface area contributed by atoms with Crippen molar-refractivity contribution in [3.05, 3.63) is 77.5 Å². The second-order valence-corrected chi connectivity index (χ2v) is 12.8. The Labute approximate surface area is 279 Å². The lowest BCUT2D eigenvalue weighted by Gasteiger charge is -2.48. The number of aliphatic hydroxyl groups is 3. The number of ether oxygens (including phenoxy) is 5. The molecule has 258 valence electrons. The van der Waals surface area contributed by atoms with Gasteiger partial charge in [-0.05, 0) is 74.9 Å². The second kappa shape index (κ2) is 14.0.